The first-order valence-corrected chi connectivity index (χ1v) is 10.1. The van der Waals surface area contributed by atoms with Crippen LogP contribution in [0, 0.1) is 19.8 Å². The fourth-order valence-corrected chi connectivity index (χ4v) is 3.64. The fourth-order valence-electron chi connectivity index (χ4n) is 3.64. The zero-order chi connectivity index (χ0) is 20.8. The Bertz CT molecular complexity index is 859. The van der Waals surface area contributed by atoms with E-state index in [-0.39, 0.29) is 11.9 Å². The van der Waals surface area contributed by atoms with Crippen LogP contribution < -0.4 is 5.32 Å². The number of nitrogens with zero attached hydrogens (tertiary/aromatic N) is 5. The molecule has 1 aliphatic heterocycles. The number of hydrogen-bond acceptors (Lipinski definition) is 5. The van der Waals surface area contributed by atoms with Crippen LogP contribution in [0.15, 0.2) is 29.4 Å². The van der Waals surface area contributed by atoms with Crippen molar-refractivity contribution in [2.75, 3.05) is 26.7 Å². The Hall–Kier alpha value is -2.90. The minimum atomic E-state index is -0.114. The number of rotatable bonds is 5. The molecule has 8 nitrogen and oxygen atoms in total. The van der Waals surface area contributed by atoms with Crippen LogP contribution in [0.4, 0.5) is 0 Å². The van der Waals surface area contributed by atoms with E-state index >= 15 is 0 Å². The van der Waals surface area contributed by atoms with Crippen LogP contribution in [0.25, 0.3) is 5.82 Å². The summed E-state index contributed by atoms with van der Waals surface area (Å²) in [7, 11) is 1.76. The molecule has 3 rings (SSSR count). The number of aryl methyl sites for hydroxylation is 2. The second-order valence-electron chi connectivity index (χ2n) is 7.30. The van der Waals surface area contributed by atoms with E-state index in [9.17, 15) is 4.79 Å². The molecule has 8 heteroatoms. The maximum absolute atomic E-state index is 12.1. The molecule has 0 aromatic carbocycles. The Morgan fingerprint density at radius 3 is 2.83 bits per heavy atom. The van der Waals surface area contributed by atoms with E-state index in [0.29, 0.717) is 19.7 Å². The zero-order valence-electron chi connectivity index (χ0n) is 17.7. The number of nitrogens with one attached hydrogen (secondary N) is 1. The molecular formula is C21H30N6O2. The number of piperidine rings is 1. The van der Waals surface area contributed by atoms with E-state index in [4.69, 9.17) is 4.74 Å². The lowest BCUT2D eigenvalue weighted by atomic mass is 9.98. The number of carbonyl (C=O) groups is 1. The Balaban J connectivity index is 1.59. The van der Waals surface area contributed by atoms with Crippen molar-refractivity contribution >= 4 is 11.9 Å². The number of guanidine groups is 1. The van der Waals surface area contributed by atoms with E-state index < -0.39 is 0 Å². The van der Waals surface area contributed by atoms with Crippen LogP contribution in [0.3, 0.4) is 0 Å². The maximum atomic E-state index is 12.1. The van der Waals surface area contributed by atoms with Gasteiger partial charge in [-0.2, -0.15) is 5.10 Å². The quantitative estimate of drug-likeness (QED) is 0.472. The summed E-state index contributed by atoms with van der Waals surface area (Å²) in [6.45, 7) is 8.37. The van der Waals surface area contributed by atoms with Gasteiger partial charge in [-0.1, -0.05) is 6.07 Å². The van der Waals surface area contributed by atoms with Gasteiger partial charge in [-0.05, 0) is 51.3 Å². The lowest BCUT2D eigenvalue weighted by Gasteiger charge is -2.33. The molecule has 0 amide bonds. The number of aliphatic imine (C=N–C) groups is 1. The van der Waals surface area contributed by atoms with Crippen LogP contribution in [0.2, 0.25) is 0 Å². The summed E-state index contributed by atoms with van der Waals surface area (Å²) in [6, 6.07) is 6.04. The average Bonchev–Trinajstić information content (AvgIpc) is 3.07. The second kappa shape index (κ2) is 9.54. The van der Waals surface area contributed by atoms with Crippen molar-refractivity contribution in [1.82, 2.24) is 25.0 Å². The molecule has 1 unspecified atom stereocenters. The SMILES string of the molecule is CCOC(=O)C1CCCN(C(=NC)NCc2ccc(-n3nc(C)cc3C)nc2)C1. The van der Waals surface area contributed by atoms with E-state index in [1.807, 2.05) is 49.8 Å². The predicted molar refractivity (Wildman–Crippen MR) is 112 cm³/mol. The van der Waals surface area contributed by atoms with Gasteiger partial charge < -0.3 is 15.0 Å². The smallest absolute Gasteiger partial charge is 0.310 e. The van der Waals surface area contributed by atoms with Crippen LogP contribution in [0.1, 0.15) is 36.7 Å². The molecule has 0 bridgehead atoms. The van der Waals surface area contributed by atoms with Crippen molar-refractivity contribution < 1.29 is 9.53 Å². The normalized spacial score (nSPS) is 17.3. The highest BCUT2D eigenvalue weighted by atomic mass is 16.5. The van der Waals surface area contributed by atoms with Gasteiger partial charge in [0.2, 0.25) is 0 Å². The van der Waals surface area contributed by atoms with Gasteiger partial charge in [0.15, 0.2) is 11.8 Å². The first kappa shape index (κ1) is 20.8. The van der Waals surface area contributed by atoms with Gasteiger partial charge in [0.05, 0.1) is 18.2 Å². The number of hydrogen-bond donors (Lipinski definition) is 1. The molecule has 2 aromatic rings. The molecule has 29 heavy (non-hydrogen) atoms. The van der Waals surface area contributed by atoms with Gasteiger partial charge in [0.1, 0.15) is 0 Å². The van der Waals surface area contributed by atoms with Gasteiger partial charge in [-0.15, -0.1) is 0 Å². The van der Waals surface area contributed by atoms with E-state index in [1.165, 1.54) is 0 Å². The summed E-state index contributed by atoms with van der Waals surface area (Å²) in [6.07, 6.45) is 3.66. The summed E-state index contributed by atoms with van der Waals surface area (Å²) in [5.41, 5.74) is 3.08. The lowest BCUT2D eigenvalue weighted by molar-refractivity contribution is -0.149. The van der Waals surface area contributed by atoms with Gasteiger partial charge in [-0.3, -0.25) is 9.79 Å². The van der Waals surface area contributed by atoms with Crippen molar-refractivity contribution in [2.45, 2.75) is 40.2 Å². The number of aromatic nitrogens is 3. The number of ether oxygens (including phenoxy) is 1. The second-order valence-corrected chi connectivity index (χ2v) is 7.30. The van der Waals surface area contributed by atoms with Crippen molar-refractivity contribution in [3.05, 3.63) is 41.3 Å². The fraction of sp³-hybridized carbons (Fsp3) is 0.524. The first-order valence-electron chi connectivity index (χ1n) is 10.1. The van der Waals surface area contributed by atoms with E-state index in [1.54, 1.807) is 7.05 Å². The number of carbonyl (C=O) groups excluding carboxylic acids is 1. The summed E-state index contributed by atoms with van der Waals surface area (Å²) in [5.74, 6) is 1.39. The van der Waals surface area contributed by atoms with Crippen molar-refractivity contribution in [3.8, 4) is 5.82 Å². The molecule has 1 fully saturated rings. The van der Waals surface area contributed by atoms with Gasteiger partial charge in [0.25, 0.3) is 0 Å². The summed E-state index contributed by atoms with van der Waals surface area (Å²) in [5, 5.41) is 7.85. The Labute approximate surface area is 172 Å². The zero-order valence-corrected chi connectivity index (χ0v) is 17.7. The molecule has 3 heterocycles. The third-order valence-electron chi connectivity index (χ3n) is 5.04. The lowest BCUT2D eigenvalue weighted by Crippen LogP contribution is -2.48. The van der Waals surface area contributed by atoms with Gasteiger partial charge in [-0.25, -0.2) is 9.67 Å². The van der Waals surface area contributed by atoms with Gasteiger partial charge >= 0.3 is 5.97 Å². The highest BCUT2D eigenvalue weighted by Gasteiger charge is 2.28. The number of pyridine rings is 1. The van der Waals surface area contributed by atoms with Crippen LogP contribution in [-0.4, -0.2) is 58.3 Å². The van der Waals surface area contributed by atoms with Crippen molar-refractivity contribution in [2.24, 2.45) is 10.9 Å². The van der Waals surface area contributed by atoms with E-state index in [0.717, 1.165) is 48.1 Å². The summed E-state index contributed by atoms with van der Waals surface area (Å²) >= 11 is 0. The maximum Gasteiger partial charge on any atom is 0.310 e. The Morgan fingerprint density at radius 1 is 1.38 bits per heavy atom. The number of esters is 1. The van der Waals surface area contributed by atoms with Crippen molar-refractivity contribution in [3.63, 3.8) is 0 Å². The molecule has 0 aliphatic carbocycles. The topological polar surface area (TPSA) is 84.6 Å². The summed E-state index contributed by atoms with van der Waals surface area (Å²) in [4.78, 5) is 23.1. The third kappa shape index (κ3) is 5.13. The molecule has 1 atom stereocenters. The largest absolute Gasteiger partial charge is 0.466 e. The monoisotopic (exact) mass is 398 g/mol. The molecule has 1 N–H and O–H groups in total. The van der Waals surface area contributed by atoms with Crippen LogP contribution in [0.5, 0.6) is 0 Å². The molecule has 2 aromatic heterocycles. The van der Waals surface area contributed by atoms with Crippen molar-refractivity contribution in [1.29, 1.82) is 0 Å². The summed E-state index contributed by atoms with van der Waals surface area (Å²) < 4.78 is 7.03. The van der Waals surface area contributed by atoms with Gasteiger partial charge in [0, 0.05) is 38.6 Å². The highest BCUT2D eigenvalue weighted by molar-refractivity contribution is 5.81. The average molecular weight is 399 g/mol. The molecule has 0 radical (unpaired) electrons. The molecule has 1 aliphatic rings. The standard InChI is InChI=1S/C21H30N6O2/c1-5-29-20(28)18-7-6-10-26(14-18)21(22-4)24-13-17-8-9-19(23-12-17)27-16(3)11-15(2)25-27/h8-9,11-12,18H,5-7,10,13-14H2,1-4H3,(H,22,24). The Morgan fingerprint density at radius 2 is 2.21 bits per heavy atom. The first-order chi connectivity index (χ1) is 14.0. The van der Waals surface area contributed by atoms with E-state index in [2.05, 4.69) is 25.3 Å². The molecule has 156 valence electrons. The molecule has 1 saturated heterocycles. The molecule has 0 spiro atoms. The minimum Gasteiger partial charge on any atom is -0.466 e. The highest BCUT2D eigenvalue weighted by Crippen LogP contribution is 2.18. The predicted octanol–water partition coefficient (Wildman–Crippen LogP) is 2.23. The minimum absolute atomic E-state index is 0.0935. The number of likely N-dealkylation sites (tertiary alicyclic amines) is 1. The van der Waals surface area contributed by atoms with Crippen LogP contribution in [-0.2, 0) is 16.1 Å². The molecular weight excluding hydrogens is 368 g/mol. The van der Waals surface area contributed by atoms with Crippen LogP contribution >= 0.6 is 0 Å². The third-order valence-corrected chi connectivity index (χ3v) is 5.04. The molecule has 0 saturated carbocycles. The Kier molecular flexibility index (Phi) is 6.85.